The van der Waals surface area contributed by atoms with E-state index in [4.69, 9.17) is 0 Å². The highest BCUT2D eigenvalue weighted by Crippen LogP contribution is 2.51. The van der Waals surface area contributed by atoms with Crippen LogP contribution in [0.1, 0.15) is 48.8 Å². The standard InChI is InChI=1S/C14H14F6/c1-2-3-8-6-12(8)9-4-10(13(15,16)17)7-11(5-9)14(18,19)20/h4-5,7-8,12H,2-3,6H2,1H3. The summed E-state index contributed by atoms with van der Waals surface area (Å²) in [4.78, 5) is 0. The maximum absolute atomic E-state index is 12.7. The van der Waals surface area contributed by atoms with Crippen molar-refractivity contribution in [1.82, 2.24) is 0 Å². The molecule has 1 saturated carbocycles. The van der Waals surface area contributed by atoms with Gasteiger partial charge in [0.1, 0.15) is 0 Å². The van der Waals surface area contributed by atoms with E-state index < -0.39 is 23.5 Å². The van der Waals surface area contributed by atoms with Gasteiger partial charge in [0.15, 0.2) is 0 Å². The summed E-state index contributed by atoms with van der Waals surface area (Å²) in [6, 6.07) is 1.89. The van der Waals surface area contributed by atoms with Crippen molar-refractivity contribution in [1.29, 1.82) is 0 Å². The van der Waals surface area contributed by atoms with Crippen molar-refractivity contribution in [2.75, 3.05) is 0 Å². The molecule has 0 spiro atoms. The molecule has 0 nitrogen and oxygen atoms in total. The van der Waals surface area contributed by atoms with Crippen molar-refractivity contribution in [3.63, 3.8) is 0 Å². The van der Waals surface area contributed by atoms with Gasteiger partial charge in [0.2, 0.25) is 0 Å². The molecule has 1 fully saturated rings. The zero-order valence-electron chi connectivity index (χ0n) is 10.8. The zero-order valence-corrected chi connectivity index (χ0v) is 10.8. The van der Waals surface area contributed by atoms with Crippen LogP contribution in [0.3, 0.4) is 0 Å². The minimum absolute atomic E-state index is 0.158. The highest BCUT2D eigenvalue weighted by molar-refractivity contribution is 5.37. The van der Waals surface area contributed by atoms with E-state index >= 15 is 0 Å². The molecule has 2 unspecified atom stereocenters. The fourth-order valence-corrected chi connectivity index (χ4v) is 2.54. The first-order chi connectivity index (χ1) is 9.13. The first-order valence-corrected chi connectivity index (χ1v) is 6.42. The predicted octanol–water partition coefficient (Wildman–Crippen LogP) is 5.63. The van der Waals surface area contributed by atoms with Crippen LogP contribution < -0.4 is 0 Å². The number of hydrogen-bond acceptors (Lipinski definition) is 0. The second kappa shape index (κ2) is 4.97. The van der Waals surface area contributed by atoms with E-state index in [2.05, 4.69) is 0 Å². The Balaban J connectivity index is 2.37. The molecule has 0 amide bonds. The molecule has 0 aliphatic heterocycles. The van der Waals surface area contributed by atoms with Crippen molar-refractivity contribution in [2.45, 2.75) is 44.5 Å². The Kier molecular flexibility index (Phi) is 3.77. The van der Waals surface area contributed by atoms with E-state index in [9.17, 15) is 26.3 Å². The van der Waals surface area contributed by atoms with Gasteiger partial charge in [-0.2, -0.15) is 26.3 Å². The average Bonchev–Trinajstić information content (AvgIpc) is 3.06. The van der Waals surface area contributed by atoms with E-state index in [0.29, 0.717) is 6.42 Å². The summed E-state index contributed by atoms with van der Waals surface area (Å²) in [5.74, 6) is 0.0444. The highest BCUT2D eigenvalue weighted by Gasteiger charge is 2.42. The molecular formula is C14H14F6. The quantitative estimate of drug-likeness (QED) is 0.634. The Morgan fingerprint density at radius 2 is 1.45 bits per heavy atom. The van der Waals surface area contributed by atoms with Crippen LogP contribution in [0.2, 0.25) is 0 Å². The summed E-state index contributed by atoms with van der Waals surface area (Å²) in [6.45, 7) is 1.95. The molecule has 2 rings (SSSR count). The lowest BCUT2D eigenvalue weighted by molar-refractivity contribution is -0.143. The molecule has 0 aromatic heterocycles. The van der Waals surface area contributed by atoms with Gasteiger partial charge in [0.25, 0.3) is 0 Å². The predicted molar refractivity (Wildman–Crippen MR) is 62.2 cm³/mol. The average molecular weight is 296 g/mol. The number of benzene rings is 1. The Bertz CT molecular complexity index is 453. The van der Waals surface area contributed by atoms with Crippen LogP contribution in [0.25, 0.3) is 0 Å². The van der Waals surface area contributed by atoms with Crippen LogP contribution in [0.15, 0.2) is 18.2 Å². The summed E-state index contributed by atoms with van der Waals surface area (Å²) in [5, 5.41) is 0. The Morgan fingerprint density at radius 1 is 0.950 bits per heavy atom. The maximum Gasteiger partial charge on any atom is 0.416 e. The third kappa shape index (κ3) is 3.27. The summed E-state index contributed by atoms with van der Waals surface area (Å²) < 4.78 is 76.2. The van der Waals surface area contributed by atoms with Crippen molar-refractivity contribution in [3.8, 4) is 0 Å². The summed E-state index contributed by atoms with van der Waals surface area (Å²) in [7, 11) is 0. The van der Waals surface area contributed by atoms with Gasteiger partial charge in [-0.15, -0.1) is 0 Å². The van der Waals surface area contributed by atoms with Crippen LogP contribution in [-0.4, -0.2) is 0 Å². The van der Waals surface area contributed by atoms with Gasteiger partial charge in [-0.3, -0.25) is 0 Å². The van der Waals surface area contributed by atoms with E-state index in [0.717, 1.165) is 25.0 Å². The monoisotopic (exact) mass is 296 g/mol. The Labute approximate surface area is 112 Å². The second-order valence-corrected chi connectivity index (χ2v) is 5.23. The highest BCUT2D eigenvalue weighted by atomic mass is 19.4. The van der Waals surface area contributed by atoms with E-state index in [-0.39, 0.29) is 23.5 Å². The molecule has 1 aromatic carbocycles. The molecule has 1 aliphatic carbocycles. The lowest BCUT2D eigenvalue weighted by Gasteiger charge is -2.14. The molecule has 2 atom stereocenters. The number of rotatable bonds is 3. The van der Waals surface area contributed by atoms with Gasteiger partial charge in [-0.25, -0.2) is 0 Å². The van der Waals surface area contributed by atoms with Crippen molar-refractivity contribution in [3.05, 3.63) is 34.9 Å². The molecule has 1 aromatic rings. The smallest absolute Gasteiger partial charge is 0.166 e. The van der Waals surface area contributed by atoms with Crippen LogP contribution in [0.4, 0.5) is 26.3 Å². The van der Waals surface area contributed by atoms with Crippen molar-refractivity contribution < 1.29 is 26.3 Å². The van der Waals surface area contributed by atoms with Gasteiger partial charge in [0, 0.05) is 0 Å². The maximum atomic E-state index is 12.7. The van der Waals surface area contributed by atoms with Gasteiger partial charge < -0.3 is 0 Å². The third-order valence-corrected chi connectivity index (χ3v) is 3.62. The lowest BCUT2D eigenvalue weighted by Crippen LogP contribution is -2.11. The molecular weight excluding hydrogens is 282 g/mol. The molecule has 112 valence electrons. The molecule has 0 saturated heterocycles. The topological polar surface area (TPSA) is 0 Å². The summed E-state index contributed by atoms with van der Waals surface area (Å²) in [5.41, 5.74) is -2.28. The van der Waals surface area contributed by atoms with Crippen LogP contribution >= 0.6 is 0 Å². The van der Waals surface area contributed by atoms with Crippen LogP contribution in [0, 0.1) is 5.92 Å². The normalized spacial score (nSPS) is 22.9. The lowest BCUT2D eigenvalue weighted by atomic mass is 10.00. The van der Waals surface area contributed by atoms with E-state index in [1.165, 1.54) is 0 Å². The largest absolute Gasteiger partial charge is 0.416 e. The minimum atomic E-state index is -4.76. The fraction of sp³-hybridized carbons (Fsp3) is 0.571. The number of halogens is 6. The number of hydrogen-bond donors (Lipinski definition) is 0. The number of alkyl halides is 6. The van der Waals surface area contributed by atoms with Gasteiger partial charge in [-0.1, -0.05) is 19.8 Å². The summed E-state index contributed by atoms with van der Waals surface area (Å²) >= 11 is 0. The van der Waals surface area contributed by atoms with E-state index in [1.807, 2.05) is 6.92 Å². The SMILES string of the molecule is CCCC1CC1c1cc(C(F)(F)F)cc(C(F)(F)F)c1. The van der Waals surface area contributed by atoms with Gasteiger partial charge >= 0.3 is 12.4 Å². The Hall–Kier alpha value is -1.20. The first-order valence-electron chi connectivity index (χ1n) is 6.42. The van der Waals surface area contributed by atoms with Crippen molar-refractivity contribution in [2.24, 2.45) is 5.92 Å². The molecule has 6 heteroatoms. The fourth-order valence-electron chi connectivity index (χ4n) is 2.54. The third-order valence-electron chi connectivity index (χ3n) is 3.62. The molecule has 20 heavy (non-hydrogen) atoms. The Morgan fingerprint density at radius 3 is 1.85 bits per heavy atom. The van der Waals surface area contributed by atoms with Gasteiger partial charge in [0.05, 0.1) is 11.1 Å². The molecule has 0 N–H and O–H groups in total. The molecule has 1 aliphatic rings. The molecule has 0 heterocycles. The molecule has 0 bridgehead atoms. The molecule has 0 radical (unpaired) electrons. The van der Waals surface area contributed by atoms with Crippen LogP contribution in [0.5, 0.6) is 0 Å². The van der Waals surface area contributed by atoms with Crippen molar-refractivity contribution >= 4 is 0 Å². The van der Waals surface area contributed by atoms with Gasteiger partial charge in [-0.05, 0) is 42.0 Å². The van der Waals surface area contributed by atoms with E-state index in [1.54, 1.807) is 0 Å². The summed E-state index contributed by atoms with van der Waals surface area (Å²) in [6.07, 6.45) is -7.13. The zero-order chi connectivity index (χ0) is 15.1. The second-order valence-electron chi connectivity index (χ2n) is 5.23. The minimum Gasteiger partial charge on any atom is -0.166 e. The van der Waals surface area contributed by atoms with Crippen LogP contribution in [-0.2, 0) is 12.4 Å². The first kappa shape index (κ1) is 15.2.